The molecule has 1 atom stereocenters. The van der Waals surface area contributed by atoms with Gasteiger partial charge in [-0.1, -0.05) is 6.07 Å². The lowest BCUT2D eigenvalue weighted by molar-refractivity contribution is 0.171. The molecule has 2 aliphatic heterocycles. The van der Waals surface area contributed by atoms with Crippen molar-refractivity contribution in [1.82, 2.24) is 4.31 Å². The summed E-state index contributed by atoms with van der Waals surface area (Å²) in [6.07, 6.45) is 0.735. The number of nitrogens with zero attached hydrogens (tertiary/aromatic N) is 1. The third-order valence-corrected chi connectivity index (χ3v) is 8.64. The van der Waals surface area contributed by atoms with Gasteiger partial charge in [0, 0.05) is 22.4 Å². The van der Waals surface area contributed by atoms with E-state index in [0.717, 1.165) is 16.9 Å². The summed E-state index contributed by atoms with van der Waals surface area (Å²) >= 11 is 3.29. The molecule has 1 aromatic carbocycles. The Kier molecular flexibility index (Phi) is 4.23. The molecule has 5 rings (SSSR count). The predicted molar refractivity (Wildman–Crippen MR) is 106 cm³/mol. The maximum Gasteiger partial charge on any atom is 0.244 e. The molecule has 4 heterocycles. The van der Waals surface area contributed by atoms with Crippen molar-refractivity contribution in [1.29, 1.82) is 0 Å². The van der Waals surface area contributed by atoms with Crippen molar-refractivity contribution in [3.63, 3.8) is 0 Å². The van der Waals surface area contributed by atoms with Crippen LogP contribution in [0.5, 0.6) is 11.5 Å². The molecule has 0 fully saturated rings. The summed E-state index contributed by atoms with van der Waals surface area (Å²) in [5.41, 5.74) is 1.09. The lowest BCUT2D eigenvalue weighted by atomic mass is 10.0. The van der Waals surface area contributed by atoms with Crippen LogP contribution in [0.15, 0.2) is 52.1 Å². The van der Waals surface area contributed by atoms with Crippen molar-refractivity contribution in [2.24, 2.45) is 0 Å². The van der Waals surface area contributed by atoms with Crippen LogP contribution in [-0.2, 0) is 16.4 Å². The van der Waals surface area contributed by atoms with Crippen LogP contribution in [0.4, 0.5) is 0 Å². The minimum atomic E-state index is -3.68. The second kappa shape index (κ2) is 6.63. The van der Waals surface area contributed by atoms with Crippen molar-refractivity contribution in [3.8, 4) is 11.5 Å². The molecular weight excluding hydrogens is 402 g/mol. The van der Waals surface area contributed by atoms with Crippen molar-refractivity contribution < 1.29 is 17.9 Å². The monoisotopic (exact) mass is 419 g/mol. The largest absolute Gasteiger partial charge is 0.486 e. The van der Waals surface area contributed by atoms with Crippen LogP contribution in [0.1, 0.15) is 21.4 Å². The Morgan fingerprint density at radius 2 is 1.85 bits per heavy atom. The summed E-state index contributed by atoms with van der Waals surface area (Å²) in [6, 6.07) is 10.6. The van der Waals surface area contributed by atoms with E-state index in [1.54, 1.807) is 45.2 Å². The summed E-state index contributed by atoms with van der Waals surface area (Å²) in [5.74, 6) is 1.08. The molecule has 8 heteroatoms. The first-order chi connectivity index (χ1) is 13.1. The minimum absolute atomic E-state index is 0.243. The quantitative estimate of drug-likeness (QED) is 0.646. The molecule has 27 heavy (non-hydrogen) atoms. The SMILES string of the molecule is O=S(=O)(c1ccc2c(c1)OCCO2)N1CCc2sccc2C1c1cccs1. The van der Waals surface area contributed by atoms with Gasteiger partial charge >= 0.3 is 0 Å². The maximum atomic E-state index is 13.5. The van der Waals surface area contributed by atoms with Gasteiger partial charge in [0.05, 0.1) is 10.9 Å². The fraction of sp³-hybridized carbons (Fsp3) is 0.263. The van der Waals surface area contributed by atoms with Gasteiger partial charge in [0.1, 0.15) is 13.2 Å². The number of hydrogen-bond acceptors (Lipinski definition) is 6. The number of hydrogen-bond donors (Lipinski definition) is 0. The van der Waals surface area contributed by atoms with E-state index in [0.29, 0.717) is 31.3 Å². The van der Waals surface area contributed by atoms with Gasteiger partial charge in [0.15, 0.2) is 11.5 Å². The Morgan fingerprint density at radius 1 is 1.00 bits per heavy atom. The fourth-order valence-electron chi connectivity index (χ4n) is 3.61. The Hall–Kier alpha value is -1.87. The first kappa shape index (κ1) is 17.2. The van der Waals surface area contributed by atoms with Crippen molar-refractivity contribution in [2.45, 2.75) is 17.4 Å². The van der Waals surface area contributed by atoms with E-state index in [-0.39, 0.29) is 10.9 Å². The lowest BCUT2D eigenvalue weighted by Gasteiger charge is -2.34. The fourth-order valence-corrected chi connectivity index (χ4v) is 7.04. The van der Waals surface area contributed by atoms with E-state index >= 15 is 0 Å². The molecule has 0 amide bonds. The molecule has 140 valence electrons. The lowest BCUT2D eigenvalue weighted by Crippen LogP contribution is -2.39. The highest BCUT2D eigenvalue weighted by Gasteiger charge is 2.38. The molecule has 1 unspecified atom stereocenters. The molecule has 3 aromatic rings. The van der Waals surface area contributed by atoms with Gasteiger partial charge < -0.3 is 9.47 Å². The zero-order chi connectivity index (χ0) is 18.4. The van der Waals surface area contributed by atoms with Gasteiger partial charge in [-0.05, 0) is 47.0 Å². The van der Waals surface area contributed by atoms with Gasteiger partial charge in [-0.3, -0.25) is 0 Å². The molecule has 0 aliphatic carbocycles. The second-order valence-corrected chi connectivity index (χ2v) is 10.3. The highest BCUT2D eigenvalue weighted by atomic mass is 32.2. The standard InChI is InChI=1S/C19H17NO4S3/c21-27(22,13-3-4-15-16(12-13)24-9-8-23-15)20-7-5-17-14(6-11-26-17)19(20)18-2-1-10-25-18/h1-4,6,10-12,19H,5,7-9H2. The van der Waals surface area contributed by atoms with Crippen molar-refractivity contribution in [2.75, 3.05) is 19.8 Å². The van der Waals surface area contributed by atoms with Gasteiger partial charge in [-0.25, -0.2) is 8.42 Å². The Balaban J connectivity index is 1.60. The zero-order valence-electron chi connectivity index (χ0n) is 14.3. The smallest absolute Gasteiger partial charge is 0.244 e. The predicted octanol–water partition coefficient (Wildman–Crippen LogP) is 3.92. The molecular formula is C19H17NO4S3. The van der Waals surface area contributed by atoms with Gasteiger partial charge in [0.2, 0.25) is 10.0 Å². The van der Waals surface area contributed by atoms with E-state index in [1.807, 2.05) is 22.9 Å². The molecule has 0 bridgehead atoms. The average Bonchev–Trinajstić information content (AvgIpc) is 3.38. The first-order valence-electron chi connectivity index (χ1n) is 8.66. The Morgan fingerprint density at radius 3 is 2.67 bits per heavy atom. The average molecular weight is 420 g/mol. The molecule has 0 N–H and O–H groups in total. The van der Waals surface area contributed by atoms with E-state index in [4.69, 9.17) is 9.47 Å². The van der Waals surface area contributed by atoms with Crippen LogP contribution >= 0.6 is 22.7 Å². The normalized spacial score (nSPS) is 19.6. The molecule has 0 saturated heterocycles. The summed E-state index contributed by atoms with van der Waals surface area (Å²) in [6.45, 7) is 1.37. The first-order valence-corrected chi connectivity index (χ1v) is 11.9. The Labute approximate surface area is 165 Å². The number of rotatable bonds is 3. The van der Waals surface area contributed by atoms with Crippen molar-refractivity contribution in [3.05, 3.63) is 62.5 Å². The topological polar surface area (TPSA) is 55.8 Å². The summed E-state index contributed by atoms with van der Waals surface area (Å²) < 4.78 is 39.8. The molecule has 2 aromatic heterocycles. The van der Waals surface area contributed by atoms with E-state index in [2.05, 4.69) is 6.07 Å². The Bertz CT molecular complexity index is 1070. The van der Waals surface area contributed by atoms with Crippen LogP contribution in [0.3, 0.4) is 0 Å². The third kappa shape index (κ3) is 2.87. The molecule has 0 spiro atoms. The third-order valence-electron chi connectivity index (χ3n) is 4.85. The van der Waals surface area contributed by atoms with Crippen LogP contribution in [-0.4, -0.2) is 32.5 Å². The van der Waals surface area contributed by atoms with E-state index < -0.39 is 10.0 Å². The highest BCUT2D eigenvalue weighted by molar-refractivity contribution is 7.89. The number of thiophene rings is 2. The summed E-state index contributed by atoms with van der Waals surface area (Å²) in [7, 11) is -3.68. The van der Waals surface area contributed by atoms with E-state index in [1.165, 1.54) is 4.88 Å². The second-order valence-electron chi connectivity index (χ2n) is 6.39. The zero-order valence-corrected chi connectivity index (χ0v) is 16.8. The van der Waals surface area contributed by atoms with Crippen LogP contribution in [0.2, 0.25) is 0 Å². The summed E-state index contributed by atoms with van der Waals surface area (Å²) in [5, 5.41) is 4.04. The molecule has 0 saturated carbocycles. The van der Waals surface area contributed by atoms with Crippen LogP contribution < -0.4 is 9.47 Å². The van der Waals surface area contributed by atoms with Gasteiger partial charge in [0.25, 0.3) is 0 Å². The number of fused-ring (bicyclic) bond motifs is 2. The maximum absolute atomic E-state index is 13.5. The highest BCUT2D eigenvalue weighted by Crippen LogP contribution is 2.43. The number of sulfonamides is 1. The van der Waals surface area contributed by atoms with E-state index in [9.17, 15) is 8.42 Å². The molecule has 0 radical (unpaired) electrons. The number of benzene rings is 1. The number of ether oxygens (including phenoxy) is 2. The van der Waals surface area contributed by atoms with Crippen molar-refractivity contribution >= 4 is 32.7 Å². The minimum Gasteiger partial charge on any atom is -0.486 e. The van der Waals surface area contributed by atoms with Gasteiger partial charge in [-0.15, -0.1) is 22.7 Å². The van der Waals surface area contributed by atoms with Crippen LogP contribution in [0, 0.1) is 0 Å². The van der Waals surface area contributed by atoms with Gasteiger partial charge in [-0.2, -0.15) is 4.31 Å². The molecule has 2 aliphatic rings. The molecule has 5 nitrogen and oxygen atoms in total. The van der Waals surface area contributed by atoms with Crippen LogP contribution in [0.25, 0.3) is 0 Å². The summed E-state index contributed by atoms with van der Waals surface area (Å²) in [4.78, 5) is 2.55.